The monoisotopic (exact) mass is 420 g/mol. The van der Waals surface area contributed by atoms with Gasteiger partial charge in [-0.25, -0.2) is 9.13 Å². The molecule has 0 aromatic heterocycles. The summed E-state index contributed by atoms with van der Waals surface area (Å²) in [5.41, 5.74) is 0. The van der Waals surface area contributed by atoms with Crippen LogP contribution in [0.5, 0.6) is 0 Å². The quantitative estimate of drug-likeness (QED) is 0.299. The summed E-state index contributed by atoms with van der Waals surface area (Å²) in [6.07, 6.45) is 8.14. The molecule has 0 rings (SSSR count). The molecular weight excluding hydrogens is 382 g/mol. The summed E-state index contributed by atoms with van der Waals surface area (Å²) in [5, 5.41) is 0. The van der Waals surface area contributed by atoms with Gasteiger partial charge in [0, 0.05) is 0 Å². The molecule has 0 amide bonds. The molecule has 0 aliphatic rings. The second-order valence-electron chi connectivity index (χ2n) is 6.41. The summed E-state index contributed by atoms with van der Waals surface area (Å²) in [6.45, 7) is 8.53. The van der Waals surface area contributed by atoms with Crippen molar-refractivity contribution in [3.63, 3.8) is 0 Å². The fraction of sp³-hybridized carbons (Fsp3) is 1.00. The third kappa shape index (κ3) is 22.3. The molecule has 26 heavy (non-hydrogen) atoms. The standard InChI is InChI=1S/2C8H19O4P/c2*1-3-5-6-8(4-2)7-12-13(9,10)11/h2*8H,3-7H2,1-2H3,(H2,9,10,11). The van der Waals surface area contributed by atoms with E-state index in [1.165, 1.54) is 0 Å². The van der Waals surface area contributed by atoms with Crippen molar-refractivity contribution < 1.29 is 37.8 Å². The van der Waals surface area contributed by atoms with Crippen LogP contribution < -0.4 is 0 Å². The lowest BCUT2D eigenvalue weighted by molar-refractivity contribution is 0.160. The van der Waals surface area contributed by atoms with E-state index in [0.29, 0.717) is 0 Å². The lowest BCUT2D eigenvalue weighted by atomic mass is 10.0. The maximum Gasteiger partial charge on any atom is 0.469 e. The molecule has 8 nitrogen and oxygen atoms in total. The Bertz CT molecular complexity index is 369. The van der Waals surface area contributed by atoms with Crippen LogP contribution in [0.4, 0.5) is 0 Å². The molecule has 2 atom stereocenters. The van der Waals surface area contributed by atoms with Crippen LogP contribution in [0.15, 0.2) is 0 Å². The Morgan fingerprint density at radius 1 is 0.692 bits per heavy atom. The number of unbranched alkanes of at least 4 members (excludes halogenated alkanes) is 2. The van der Waals surface area contributed by atoms with Gasteiger partial charge < -0.3 is 19.6 Å². The van der Waals surface area contributed by atoms with Crippen molar-refractivity contribution >= 4 is 15.6 Å². The Hall–Kier alpha value is 0.220. The summed E-state index contributed by atoms with van der Waals surface area (Å²) >= 11 is 0. The predicted octanol–water partition coefficient (Wildman–Crippen LogP) is 4.62. The van der Waals surface area contributed by atoms with Crippen molar-refractivity contribution in [3.05, 3.63) is 0 Å². The Labute approximate surface area is 158 Å². The van der Waals surface area contributed by atoms with E-state index >= 15 is 0 Å². The van der Waals surface area contributed by atoms with E-state index in [1.807, 2.05) is 13.8 Å². The van der Waals surface area contributed by atoms with Gasteiger partial charge in [0.25, 0.3) is 0 Å². The Morgan fingerprint density at radius 3 is 1.19 bits per heavy atom. The van der Waals surface area contributed by atoms with Crippen molar-refractivity contribution in [2.24, 2.45) is 11.8 Å². The van der Waals surface area contributed by atoms with E-state index in [9.17, 15) is 9.13 Å². The first-order valence-corrected chi connectivity index (χ1v) is 12.4. The lowest BCUT2D eigenvalue weighted by Crippen LogP contribution is -2.07. The minimum Gasteiger partial charge on any atom is -0.303 e. The maximum atomic E-state index is 10.4. The summed E-state index contributed by atoms with van der Waals surface area (Å²) in [4.78, 5) is 33.9. The van der Waals surface area contributed by atoms with Gasteiger partial charge in [0.1, 0.15) is 0 Å². The molecule has 0 fully saturated rings. The first kappa shape index (κ1) is 28.4. The molecule has 10 heteroatoms. The van der Waals surface area contributed by atoms with E-state index in [0.717, 1.165) is 51.4 Å². The molecule has 0 aliphatic carbocycles. The van der Waals surface area contributed by atoms with Gasteiger partial charge in [0.05, 0.1) is 13.2 Å². The van der Waals surface area contributed by atoms with Crippen molar-refractivity contribution in [1.82, 2.24) is 0 Å². The minimum absolute atomic E-state index is 0.167. The van der Waals surface area contributed by atoms with Gasteiger partial charge in [-0.2, -0.15) is 0 Å². The fourth-order valence-electron chi connectivity index (χ4n) is 2.20. The Kier molecular flexibility index (Phi) is 17.7. The third-order valence-electron chi connectivity index (χ3n) is 4.04. The van der Waals surface area contributed by atoms with E-state index in [-0.39, 0.29) is 25.0 Å². The summed E-state index contributed by atoms with van der Waals surface area (Å²) in [7, 11) is -8.53. The molecule has 0 aromatic rings. The highest BCUT2D eigenvalue weighted by atomic mass is 31.2. The van der Waals surface area contributed by atoms with Crippen LogP contribution in [0.1, 0.15) is 79.1 Å². The molecule has 0 heterocycles. The number of hydrogen-bond acceptors (Lipinski definition) is 4. The summed E-state index contributed by atoms with van der Waals surface area (Å²) in [6, 6.07) is 0. The fourth-order valence-corrected chi connectivity index (χ4v) is 3.01. The highest BCUT2D eigenvalue weighted by Crippen LogP contribution is 2.37. The molecule has 160 valence electrons. The third-order valence-corrected chi connectivity index (χ3v) is 5.01. The second kappa shape index (κ2) is 16.2. The maximum absolute atomic E-state index is 10.4. The zero-order valence-electron chi connectivity index (χ0n) is 16.5. The Balaban J connectivity index is 0. The number of phosphoric acid groups is 2. The van der Waals surface area contributed by atoms with Crippen molar-refractivity contribution in [2.75, 3.05) is 13.2 Å². The van der Waals surface area contributed by atoms with E-state index in [2.05, 4.69) is 22.9 Å². The molecule has 0 radical (unpaired) electrons. The Morgan fingerprint density at radius 2 is 1.00 bits per heavy atom. The lowest BCUT2D eigenvalue weighted by Gasteiger charge is -2.14. The summed E-state index contributed by atoms with van der Waals surface area (Å²) < 4.78 is 29.7. The largest absolute Gasteiger partial charge is 0.469 e. The van der Waals surface area contributed by atoms with E-state index < -0.39 is 15.6 Å². The van der Waals surface area contributed by atoms with E-state index in [4.69, 9.17) is 19.6 Å². The first-order chi connectivity index (χ1) is 12.0. The van der Waals surface area contributed by atoms with Gasteiger partial charge in [-0.1, -0.05) is 66.2 Å². The summed E-state index contributed by atoms with van der Waals surface area (Å²) in [5.74, 6) is 0.542. The molecule has 0 saturated heterocycles. The van der Waals surface area contributed by atoms with Gasteiger partial charge in [-0.05, 0) is 24.7 Å². The van der Waals surface area contributed by atoms with Gasteiger partial charge in [0.15, 0.2) is 0 Å². The van der Waals surface area contributed by atoms with Crippen LogP contribution in [-0.2, 0) is 18.2 Å². The predicted molar refractivity (Wildman–Crippen MR) is 103 cm³/mol. The zero-order valence-corrected chi connectivity index (χ0v) is 18.3. The average Bonchev–Trinajstić information content (AvgIpc) is 2.54. The molecule has 4 N–H and O–H groups in total. The van der Waals surface area contributed by atoms with Gasteiger partial charge in [-0.3, -0.25) is 9.05 Å². The van der Waals surface area contributed by atoms with Crippen LogP contribution in [0.25, 0.3) is 0 Å². The van der Waals surface area contributed by atoms with Gasteiger partial charge in [-0.15, -0.1) is 0 Å². The average molecular weight is 420 g/mol. The molecule has 0 aliphatic heterocycles. The molecule has 2 unspecified atom stereocenters. The second-order valence-corrected chi connectivity index (χ2v) is 8.88. The smallest absolute Gasteiger partial charge is 0.303 e. The van der Waals surface area contributed by atoms with Gasteiger partial charge in [0.2, 0.25) is 0 Å². The van der Waals surface area contributed by atoms with Crippen LogP contribution in [-0.4, -0.2) is 32.8 Å². The zero-order chi connectivity index (χ0) is 20.6. The van der Waals surface area contributed by atoms with Crippen molar-refractivity contribution in [1.29, 1.82) is 0 Å². The number of rotatable bonds is 14. The highest BCUT2D eigenvalue weighted by molar-refractivity contribution is 7.46. The first-order valence-electron chi connectivity index (χ1n) is 9.39. The van der Waals surface area contributed by atoms with Crippen LogP contribution in [0.2, 0.25) is 0 Å². The minimum atomic E-state index is -4.26. The topological polar surface area (TPSA) is 134 Å². The van der Waals surface area contributed by atoms with Crippen LogP contribution >= 0.6 is 15.6 Å². The van der Waals surface area contributed by atoms with E-state index in [1.54, 1.807) is 0 Å². The van der Waals surface area contributed by atoms with Gasteiger partial charge >= 0.3 is 15.6 Å². The SMILES string of the molecule is CCCCC(CC)COP(=O)(O)O.CCCCC(CC)COP(=O)(O)O. The van der Waals surface area contributed by atoms with Crippen molar-refractivity contribution in [2.45, 2.75) is 79.1 Å². The molecule has 0 aromatic carbocycles. The molecule has 0 saturated carbocycles. The molecular formula is C16H38O8P2. The normalized spacial score (nSPS) is 14.5. The number of hydrogen-bond donors (Lipinski definition) is 4. The number of phosphoric ester groups is 2. The molecule has 0 bridgehead atoms. The highest BCUT2D eigenvalue weighted by Gasteiger charge is 2.17. The van der Waals surface area contributed by atoms with Crippen molar-refractivity contribution in [3.8, 4) is 0 Å². The molecule has 0 spiro atoms. The van der Waals surface area contributed by atoms with Crippen LogP contribution in [0.3, 0.4) is 0 Å². The van der Waals surface area contributed by atoms with Crippen LogP contribution in [0, 0.1) is 11.8 Å².